The summed E-state index contributed by atoms with van der Waals surface area (Å²) in [5, 5.41) is 0. The maximum absolute atomic E-state index is 5.39. The average Bonchev–Trinajstić information content (AvgIpc) is 3.99. The fourth-order valence-corrected chi connectivity index (χ4v) is 7.06. The highest BCUT2D eigenvalue weighted by Crippen LogP contribution is 2.38. The molecular weight excluding hydrogens is 623 g/mol. The molecule has 0 saturated carbocycles. The van der Waals surface area contributed by atoms with Gasteiger partial charge >= 0.3 is 0 Å². The second kappa shape index (κ2) is 12.4. The van der Waals surface area contributed by atoms with Crippen molar-refractivity contribution in [2.75, 3.05) is 0 Å². The Balaban J connectivity index is 1.47. The molecule has 0 amide bonds. The third-order valence-corrected chi connectivity index (χ3v) is 9.70. The fourth-order valence-electron chi connectivity index (χ4n) is 7.06. The van der Waals surface area contributed by atoms with Crippen molar-refractivity contribution >= 4 is 46.4 Å². The molecule has 8 bridgehead atoms. The van der Waals surface area contributed by atoms with E-state index >= 15 is 0 Å². The fraction of sp³-hybridized carbons (Fsp3) is 0.0652. The molecule has 0 aliphatic carbocycles. The number of aromatic amines is 2. The maximum Gasteiger partial charge on any atom is 0.0753 e. The molecule has 51 heavy (non-hydrogen) atoms. The normalized spacial score (nSPS) is 12.1. The summed E-state index contributed by atoms with van der Waals surface area (Å²) in [5.74, 6) is 0. The molecule has 2 aliphatic heterocycles. The van der Waals surface area contributed by atoms with Gasteiger partial charge in [0.25, 0.3) is 0 Å². The van der Waals surface area contributed by atoms with Crippen LogP contribution in [-0.4, -0.2) is 24.9 Å². The van der Waals surface area contributed by atoms with Gasteiger partial charge in [-0.2, -0.15) is 0 Å². The molecule has 9 rings (SSSR count). The third-order valence-electron chi connectivity index (χ3n) is 9.70. The van der Waals surface area contributed by atoms with Crippen LogP contribution < -0.4 is 0 Å². The van der Waals surface area contributed by atoms with Crippen LogP contribution in [0.15, 0.2) is 121 Å². The number of aromatic nitrogens is 5. The number of rotatable bonds is 4. The summed E-state index contributed by atoms with van der Waals surface area (Å²) in [5.41, 5.74) is 19.2. The lowest BCUT2D eigenvalue weighted by Crippen LogP contribution is -1.90. The van der Waals surface area contributed by atoms with Crippen LogP contribution in [0, 0.1) is 20.8 Å². The standard InChI is InChI=1S/C46H35N5/c1-28-7-13-31(14-8-28)43-35-19-21-37(48-35)44(32-15-9-29(2)10-16-32)39-23-25-41(50-39)46(34-6-4-5-27-47-34)42-26-24-40(51-42)45(38-22-20-36(43)49-38)33-17-11-30(3)12-18-33/h4-27,48,51H,1-3H3. The van der Waals surface area contributed by atoms with Crippen LogP contribution in [0.2, 0.25) is 0 Å². The Morgan fingerprint density at radius 2 is 0.725 bits per heavy atom. The number of nitrogens with zero attached hydrogens (tertiary/aromatic N) is 3. The van der Waals surface area contributed by atoms with Crippen molar-refractivity contribution in [1.29, 1.82) is 0 Å². The van der Waals surface area contributed by atoms with Gasteiger partial charge in [0.05, 0.1) is 34.0 Å². The van der Waals surface area contributed by atoms with Gasteiger partial charge in [0.15, 0.2) is 0 Å². The van der Waals surface area contributed by atoms with Gasteiger partial charge in [-0.1, -0.05) is 95.6 Å². The second-order valence-electron chi connectivity index (χ2n) is 13.3. The highest BCUT2D eigenvalue weighted by Gasteiger charge is 2.19. The van der Waals surface area contributed by atoms with E-state index in [9.17, 15) is 0 Å². The van der Waals surface area contributed by atoms with Gasteiger partial charge < -0.3 is 9.97 Å². The quantitative estimate of drug-likeness (QED) is 0.198. The van der Waals surface area contributed by atoms with Gasteiger partial charge in [-0.25, -0.2) is 9.97 Å². The number of nitrogens with one attached hydrogen (secondary N) is 2. The van der Waals surface area contributed by atoms with Crippen molar-refractivity contribution in [2.45, 2.75) is 20.8 Å². The Bertz CT molecular complexity index is 2630. The molecule has 4 aromatic heterocycles. The number of hydrogen-bond acceptors (Lipinski definition) is 3. The highest BCUT2D eigenvalue weighted by molar-refractivity contribution is 5.99. The van der Waals surface area contributed by atoms with Crippen LogP contribution in [0.25, 0.3) is 91.0 Å². The average molecular weight is 658 g/mol. The number of aryl methyl sites for hydroxylation is 3. The van der Waals surface area contributed by atoms with E-state index in [0.717, 1.165) is 89.5 Å². The number of pyridine rings is 1. The zero-order valence-electron chi connectivity index (χ0n) is 28.7. The van der Waals surface area contributed by atoms with Crippen LogP contribution >= 0.6 is 0 Å². The Hall–Kier alpha value is -6.59. The summed E-state index contributed by atoms with van der Waals surface area (Å²) >= 11 is 0. The molecule has 7 aromatic rings. The SMILES string of the molecule is Cc1ccc(-c2c3nc(c(-c4ccc(C)cc4)c4ccc([nH]4)c(-c4ccccn4)c4nc(c(-c5ccc(C)cc5)c5ccc2[nH]5)C=C4)C=C3)cc1. The van der Waals surface area contributed by atoms with Crippen molar-refractivity contribution in [1.82, 2.24) is 24.9 Å². The molecule has 5 nitrogen and oxygen atoms in total. The van der Waals surface area contributed by atoms with Gasteiger partial charge in [-0.05, 0) is 98.2 Å². The van der Waals surface area contributed by atoms with E-state index in [1.165, 1.54) is 16.7 Å². The molecule has 0 spiro atoms. The monoisotopic (exact) mass is 657 g/mol. The van der Waals surface area contributed by atoms with E-state index < -0.39 is 0 Å². The summed E-state index contributed by atoms with van der Waals surface area (Å²) in [7, 11) is 0. The molecule has 0 atom stereocenters. The van der Waals surface area contributed by atoms with Crippen LogP contribution in [0.5, 0.6) is 0 Å². The van der Waals surface area contributed by atoms with Gasteiger partial charge in [0.2, 0.25) is 0 Å². The Morgan fingerprint density at radius 3 is 1.08 bits per heavy atom. The van der Waals surface area contributed by atoms with Gasteiger partial charge in [-0.15, -0.1) is 0 Å². The highest BCUT2D eigenvalue weighted by atomic mass is 14.8. The minimum Gasteiger partial charge on any atom is -0.354 e. The molecule has 5 heteroatoms. The molecule has 2 N–H and O–H groups in total. The van der Waals surface area contributed by atoms with Crippen LogP contribution in [0.1, 0.15) is 39.5 Å². The first kappa shape index (κ1) is 30.5. The lowest BCUT2D eigenvalue weighted by Gasteiger charge is -2.07. The Labute approximate surface area is 296 Å². The summed E-state index contributed by atoms with van der Waals surface area (Å²) in [6.07, 6.45) is 10.3. The van der Waals surface area contributed by atoms with Crippen molar-refractivity contribution in [3.05, 3.63) is 161 Å². The topological polar surface area (TPSA) is 70.2 Å². The molecule has 0 radical (unpaired) electrons. The number of H-pyrrole nitrogens is 2. The predicted molar refractivity (Wildman–Crippen MR) is 213 cm³/mol. The van der Waals surface area contributed by atoms with E-state index in [1.54, 1.807) is 0 Å². The first-order chi connectivity index (χ1) is 25.0. The van der Waals surface area contributed by atoms with Crippen molar-refractivity contribution in [2.24, 2.45) is 0 Å². The number of hydrogen-bond donors (Lipinski definition) is 2. The molecule has 0 fully saturated rings. The summed E-state index contributed by atoms with van der Waals surface area (Å²) in [6.45, 7) is 6.35. The molecule has 2 aliphatic rings. The minimum absolute atomic E-state index is 0.845. The Kier molecular flexibility index (Phi) is 7.40. The molecule has 0 saturated heterocycles. The van der Waals surface area contributed by atoms with Gasteiger partial charge in [0.1, 0.15) is 0 Å². The van der Waals surface area contributed by atoms with E-state index in [2.05, 4.69) is 152 Å². The smallest absolute Gasteiger partial charge is 0.0753 e. The van der Waals surface area contributed by atoms with Gasteiger partial charge in [-0.3, -0.25) is 4.98 Å². The summed E-state index contributed by atoms with van der Waals surface area (Å²) in [4.78, 5) is 23.2. The van der Waals surface area contributed by atoms with Crippen molar-refractivity contribution in [3.63, 3.8) is 0 Å². The van der Waals surface area contributed by atoms with Crippen LogP contribution in [0.4, 0.5) is 0 Å². The number of benzene rings is 3. The van der Waals surface area contributed by atoms with Gasteiger partial charge in [0, 0.05) is 45.0 Å². The van der Waals surface area contributed by atoms with E-state index in [-0.39, 0.29) is 0 Å². The summed E-state index contributed by atoms with van der Waals surface area (Å²) in [6, 6.07) is 40.6. The van der Waals surface area contributed by atoms with E-state index in [4.69, 9.17) is 15.0 Å². The van der Waals surface area contributed by atoms with E-state index in [0.29, 0.717) is 0 Å². The van der Waals surface area contributed by atoms with Crippen molar-refractivity contribution < 1.29 is 0 Å². The summed E-state index contributed by atoms with van der Waals surface area (Å²) < 4.78 is 0. The largest absolute Gasteiger partial charge is 0.354 e. The zero-order valence-corrected chi connectivity index (χ0v) is 28.7. The Morgan fingerprint density at radius 1 is 0.373 bits per heavy atom. The number of fused-ring (bicyclic) bond motifs is 8. The lowest BCUT2D eigenvalue weighted by molar-refractivity contribution is 1.28. The first-order valence-corrected chi connectivity index (χ1v) is 17.3. The third kappa shape index (κ3) is 5.59. The molecule has 6 heterocycles. The van der Waals surface area contributed by atoms with E-state index in [1.807, 2.05) is 24.4 Å². The molecule has 244 valence electrons. The second-order valence-corrected chi connectivity index (χ2v) is 13.3. The van der Waals surface area contributed by atoms with Crippen LogP contribution in [0.3, 0.4) is 0 Å². The minimum atomic E-state index is 0.845. The molecule has 0 unspecified atom stereocenters. The van der Waals surface area contributed by atoms with Crippen molar-refractivity contribution in [3.8, 4) is 44.6 Å². The van der Waals surface area contributed by atoms with Crippen LogP contribution in [-0.2, 0) is 0 Å². The maximum atomic E-state index is 5.39. The molecular formula is C46H35N5. The zero-order chi connectivity index (χ0) is 34.5. The first-order valence-electron chi connectivity index (χ1n) is 17.3. The molecule has 3 aromatic carbocycles. The lowest BCUT2D eigenvalue weighted by atomic mass is 10.0. The predicted octanol–water partition coefficient (Wildman–Crippen LogP) is 11.6.